The van der Waals surface area contributed by atoms with Crippen molar-refractivity contribution in [3.63, 3.8) is 0 Å². The maximum Gasteiger partial charge on any atom is 0.416 e. The third-order valence-corrected chi connectivity index (χ3v) is 3.41. The van der Waals surface area contributed by atoms with E-state index in [0.29, 0.717) is 18.4 Å². The molecule has 24 heavy (non-hydrogen) atoms. The average Bonchev–Trinajstić information content (AvgIpc) is 2.54. The molecule has 0 radical (unpaired) electrons. The predicted molar refractivity (Wildman–Crippen MR) is 76.4 cm³/mol. The van der Waals surface area contributed by atoms with Crippen molar-refractivity contribution in [1.82, 2.24) is 0 Å². The highest BCUT2D eigenvalue weighted by molar-refractivity contribution is 5.68. The Kier molecular flexibility index (Phi) is 4.74. The molecule has 1 aromatic rings. The minimum Gasteiger partial charge on any atom is -0.454 e. The molecule has 1 aromatic carbocycles. The van der Waals surface area contributed by atoms with Gasteiger partial charge in [0, 0.05) is 19.6 Å². The van der Waals surface area contributed by atoms with Crippen molar-refractivity contribution in [3.05, 3.63) is 57.9 Å². The number of hydrogen-bond donors (Lipinski definition) is 0. The molecule has 1 aliphatic rings. The van der Waals surface area contributed by atoms with E-state index in [2.05, 4.69) is 0 Å². The van der Waals surface area contributed by atoms with E-state index in [1.807, 2.05) is 0 Å². The number of rotatable bonds is 5. The number of ether oxygens (including phenoxy) is 2. The molecule has 9 heteroatoms. The molecule has 0 saturated heterocycles. The van der Waals surface area contributed by atoms with Crippen molar-refractivity contribution in [3.8, 4) is 5.75 Å². The molecule has 1 unspecified atom stereocenters. The maximum atomic E-state index is 12.7. The minimum absolute atomic E-state index is 0.0400. The molecule has 0 fully saturated rings. The zero-order chi connectivity index (χ0) is 18.0. The van der Waals surface area contributed by atoms with Crippen LogP contribution < -0.4 is 4.74 Å². The van der Waals surface area contributed by atoms with Crippen LogP contribution in [0.2, 0.25) is 0 Å². The maximum absolute atomic E-state index is 12.7. The Hall–Kier alpha value is -2.68. The second-order valence-electron chi connectivity index (χ2n) is 4.99. The van der Waals surface area contributed by atoms with Gasteiger partial charge in [-0.2, -0.15) is 13.2 Å². The number of aldehydes is 1. The lowest BCUT2D eigenvalue weighted by Crippen LogP contribution is -2.33. The third kappa shape index (κ3) is 3.62. The molecule has 0 amide bonds. The van der Waals surface area contributed by atoms with Crippen molar-refractivity contribution in [1.29, 1.82) is 0 Å². The van der Waals surface area contributed by atoms with Gasteiger partial charge in [-0.1, -0.05) is 6.08 Å². The summed E-state index contributed by atoms with van der Waals surface area (Å²) in [6.45, 7) is 0. The lowest BCUT2D eigenvalue weighted by atomic mass is 9.95. The van der Waals surface area contributed by atoms with E-state index in [1.54, 1.807) is 0 Å². The molecule has 1 aliphatic carbocycles. The summed E-state index contributed by atoms with van der Waals surface area (Å²) in [5, 5.41) is 11.0. The highest BCUT2D eigenvalue weighted by atomic mass is 19.4. The quantitative estimate of drug-likeness (QED) is 0.465. The molecule has 0 aliphatic heterocycles. The van der Waals surface area contributed by atoms with Crippen LogP contribution in [-0.4, -0.2) is 23.9 Å². The van der Waals surface area contributed by atoms with E-state index >= 15 is 0 Å². The summed E-state index contributed by atoms with van der Waals surface area (Å²) < 4.78 is 48.4. The lowest BCUT2D eigenvalue weighted by Gasteiger charge is -2.26. The van der Waals surface area contributed by atoms with Crippen LogP contribution in [-0.2, 0) is 15.7 Å². The van der Waals surface area contributed by atoms with Crippen LogP contribution in [0.15, 0.2) is 42.2 Å². The molecule has 128 valence electrons. The SMILES string of the molecule is COC1(C=O)C=CC=C(Oc2ccc(C(F)(F)F)cc2[N+](=O)[O-])C1. The summed E-state index contributed by atoms with van der Waals surface area (Å²) >= 11 is 0. The molecule has 6 nitrogen and oxygen atoms in total. The summed E-state index contributed by atoms with van der Waals surface area (Å²) in [5.74, 6) is -0.209. The van der Waals surface area contributed by atoms with Gasteiger partial charge in [-0.05, 0) is 24.3 Å². The molecule has 0 aromatic heterocycles. The van der Waals surface area contributed by atoms with Gasteiger partial charge in [-0.25, -0.2) is 0 Å². The molecule has 0 spiro atoms. The highest BCUT2D eigenvalue weighted by Gasteiger charge is 2.35. The van der Waals surface area contributed by atoms with Crippen LogP contribution >= 0.6 is 0 Å². The molecule has 2 rings (SSSR count). The number of nitro benzene ring substituents is 1. The van der Waals surface area contributed by atoms with Crippen LogP contribution in [0.4, 0.5) is 18.9 Å². The molecular formula is C15H12F3NO5. The second-order valence-corrected chi connectivity index (χ2v) is 4.99. The number of alkyl halides is 3. The lowest BCUT2D eigenvalue weighted by molar-refractivity contribution is -0.386. The first kappa shape index (κ1) is 17.7. The second kappa shape index (κ2) is 6.44. The monoisotopic (exact) mass is 343 g/mol. The zero-order valence-corrected chi connectivity index (χ0v) is 12.4. The van der Waals surface area contributed by atoms with Crippen molar-refractivity contribution in [2.75, 3.05) is 7.11 Å². The Morgan fingerprint density at radius 2 is 2.08 bits per heavy atom. The van der Waals surface area contributed by atoms with Crippen molar-refractivity contribution < 1.29 is 32.4 Å². The van der Waals surface area contributed by atoms with E-state index in [9.17, 15) is 28.1 Å². The highest BCUT2D eigenvalue weighted by Crippen LogP contribution is 2.37. The fraction of sp³-hybridized carbons (Fsp3) is 0.267. The largest absolute Gasteiger partial charge is 0.454 e. The van der Waals surface area contributed by atoms with Crippen LogP contribution in [0.5, 0.6) is 5.75 Å². The Morgan fingerprint density at radius 3 is 2.62 bits per heavy atom. The van der Waals surface area contributed by atoms with E-state index in [1.165, 1.54) is 25.3 Å². The predicted octanol–water partition coefficient (Wildman–Crippen LogP) is 3.42. The van der Waals surface area contributed by atoms with Gasteiger partial charge < -0.3 is 9.47 Å². The topological polar surface area (TPSA) is 78.7 Å². The Bertz CT molecular complexity index is 726. The van der Waals surface area contributed by atoms with E-state index in [0.717, 1.165) is 6.07 Å². The number of carbonyl (C=O) groups excluding carboxylic acids is 1. The summed E-state index contributed by atoms with van der Waals surface area (Å²) in [6.07, 6.45) is 0.185. The van der Waals surface area contributed by atoms with Crippen molar-refractivity contribution >= 4 is 12.0 Å². The van der Waals surface area contributed by atoms with Gasteiger partial charge in [-0.3, -0.25) is 14.9 Å². The molecule has 1 atom stereocenters. The fourth-order valence-electron chi connectivity index (χ4n) is 2.11. The van der Waals surface area contributed by atoms with Gasteiger partial charge in [0.15, 0.2) is 6.29 Å². The molecule has 0 saturated carbocycles. The minimum atomic E-state index is -4.71. The van der Waals surface area contributed by atoms with Crippen molar-refractivity contribution in [2.45, 2.75) is 18.2 Å². The number of carbonyl (C=O) groups is 1. The molecule has 0 heterocycles. The smallest absolute Gasteiger partial charge is 0.416 e. The fourth-order valence-corrected chi connectivity index (χ4v) is 2.11. The van der Waals surface area contributed by atoms with Gasteiger partial charge in [0.1, 0.15) is 11.4 Å². The first-order valence-electron chi connectivity index (χ1n) is 6.64. The summed E-state index contributed by atoms with van der Waals surface area (Å²) in [6, 6.07) is 1.96. The number of nitrogens with zero attached hydrogens (tertiary/aromatic N) is 1. The first-order valence-corrected chi connectivity index (χ1v) is 6.64. The number of methoxy groups -OCH3 is 1. The Balaban J connectivity index is 2.33. The van der Waals surface area contributed by atoms with Crippen LogP contribution in [0.25, 0.3) is 0 Å². The number of allylic oxidation sites excluding steroid dienone is 2. The summed E-state index contributed by atoms with van der Waals surface area (Å²) in [5.41, 5.74) is -3.25. The number of halogens is 3. The summed E-state index contributed by atoms with van der Waals surface area (Å²) in [4.78, 5) is 21.2. The van der Waals surface area contributed by atoms with Crippen LogP contribution in [0.3, 0.4) is 0 Å². The van der Waals surface area contributed by atoms with Gasteiger partial charge in [0.25, 0.3) is 0 Å². The normalized spacial score (nSPS) is 20.4. The van der Waals surface area contributed by atoms with Gasteiger partial charge in [0.05, 0.1) is 10.5 Å². The Labute approximate surface area is 134 Å². The van der Waals surface area contributed by atoms with Crippen LogP contribution in [0.1, 0.15) is 12.0 Å². The molecule has 0 bridgehead atoms. The standard InChI is InChI=1S/C15H12F3NO5/c1-23-14(9-20)6-2-3-11(8-14)24-13-5-4-10(15(16,17)18)7-12(13)19(21)22/h2-7,9H,8H2,1H3. The van der Waals surface area contributed by atoms with Gasteiger partial charge in [-0.15, -0.1) is 0 Å². The average molecular weight is 343 g/mol. The van der Waals surface area contributed by atoms with E-state index in [-0.39, 0.29) is 17.9 Å². The van der Waals surface area contributed by atoms with E-state index < -0.39 is 28.0 Å². The van der Waals surface area contributed by atoms with Gasteiger partial charge in [0.2, 0.25) is 5.75 Å². The van der Waals surface area contributed by atoms with Crippen LogP contribution in [0, 0.1) is 10.1 Å². The van der Waals surface area contributed by atoms with Crippen molar-refractivity contribution in [2.24, 2.45) is 0 Å². The van der Waals surface area contributed by atoms with E-state index in [4.69, 9.17) is 9.47 Å². The first-order chi connectivity index (χ1) is 11.2. The summed E-state index contributed by atoms with van der Waals surface area (Å²) in [7, 11) is 1.31. The Morgan fingerprint density at radius 1 is 1.38 bits per heavy atom. The zero-order valence-electron chi connectivity index (χ0n) is 12.4. The van der Waals surface area contributed by atoms with Gasteiger partial charge >= 0.3 is 11.9 Å². The molecular weight excluding hydrogens is 331 g/mol. The number of benzene rings is 1. The third-order valence-electron chi connectivity index (χ3n) is 3.41. The molecule has 0 N–H and O–H groups in total. The number of hydrogen-bond acceptors (Lipinski definition) is 5. The number of nitro groups is 1.